The van der Waals surface area contributed by atoms with Crippen LogP contribution in [0.25, 0.3) is 0 Å². The van der Waals surface area contributed by atoms with Gasteiger partial charge in [-0.05, 0) is 56.9 Å². The number of ether oxygens (including phenoxy) is 1. The zero-order chi connectivity index (χ0) is 15.4. The fourth-order valence-electron chi connectivity index (χ4n) is 2.56. The largest absolute Gasteiger partial charge is 0.449 e. The van der Waals surface area contributed by atoms with E-state index in [-0.39, 0.29) is 5.91 Å². The Morgan fingerprint density at radius 3 is 2.52 bits per heavy atom. The number of benzene rings is 1. The van der Waals surface area contributed by atoms with Crippen LogP contribution in [0.5, 0.6) is 0 Å². The van der Waals surface area contributed by atoms with Gasteiger partial charge in [0.1, 0.15) is 0 Å². The number of likely N-dealkylation sites (tertiary alicyclic amines) is 1. The Kier molecular flexibility index (Phi) is 4.83. The van der Waals surface area contributed by atoms with Gasteiger partial charge in [-0.25, -0.2) is 4.79 Å². The second-order valence-corrected chi connectivity index (χ2v) is 5.51. The number of nitrogens with two attached hydrogens (primary N) is 1. The smallest absolute Gasteiger partial charge is 0.339 e. The first kappa shape index (κ1) is 15.4. The molecule has 0 bridgehead atoms. The van der Waals surface area contributed by atoms with Gasteiger partial charge in [0.2, 0.25) is 0 Å². The molecule has 1 aromatic rings. The first-order valence-electron chi connectivity index (χ1n) is 7.35. The van der Waals surface area contributed by atoms with Crippen LogP contribution >= 0.6 is 0 Å². The van der Waals surface area contributed by atoms with E-state index in [1.165, 1.54) is 0 Å². The van der Waals surface area contributed by atoms with E-state index in [0.717, 1.165) is 37.9 Å². The van der Waals surface area contributed by atoms with Gasteiger partial charge < -0.3 is 15.4 Å². The van der Waals surface area contributed by atoms with Gasteiger partial charge in [0.15, 0.2) is 6.10 Å². The molecular formula is C16H22N2O3. The number of aryl methyl sites for hydroxylation is 1. The maximum Gasteiger partial charge on any atom is 0.339 e. The number of hydrogen-bond acceptors (Lipinski definition) is 4. The maximum atomic E-state index is 12.2. The molecule has 114 valence electrons. The first-order chi connectivity index (χ1) is 9.99. The molecule has 0 aliphatic carbocycles. The van der Waals surface area contributed by atoms with Gasteiger partial charge in [-0.3, -0.25) is 4.79 Å². The van der Waals surface area contributed by atoms with Gasteiger partial charge in [0, 0.05) is 18.8 Å². The summed E-state index contributed by atoms with van der Waals surface area (Å²) < 4.78 is 5.30. The lowest BCUT2D eigenvalue weighted by molar-refractivity contribution is -0.140. The molecule has 1 saturated heterocycles. The molecule has 21 heavy (non-hydrogen) atoms. The minimum atomic E-state index is -0.757. The molecule has 0 radical (unpaired) electrons. The number of anilines is 1. The molecule has 1 aliphatic heterocycles. The third-order valence-electron chi connectivity index (χ3n) is 3.77. The quantitative estimate of drug-likeness (QED) is 0.683. The summed E-state index contributed by atoms with van der Waals surface area (Å²) in [6.07, 6.45) is 2.43. The molecule has 1 aliphatic rings. The topological polar surface area (TPSA) is 72.6 Å². The van der Waals surface area contributed by atoms with Crippen LogP contribution in [0.1, 0.15) is 42.1 Å². The zero-order valence-corrected chi connectivity index (χ0v) is 12.6. The van der Waals surface area contributed by atoms with E-state index >= 15 is 0 Å². The van der Waals surface area contributed by atoms with Crippen LogP contribution in [-0.4, -0.2) is 36.0 Å². The number of nitrogen functional groups attached to an aromatic ring is 1. The molecule has 1 atom stereocenters. The van der Waals surface area contributed by atoms with E-state index in [1.54, 1.807) is 36.9 Å². The standard InChI is InChI=1S/C16H22N2O3/c1-11-10-13(17)6-7-14(11)16(20)21-12(2)15(19)18-8-4-3-5-9-18/h6-7,10,12H,3-5,8-9,17H2,1-2H3. The van der Waals surface area contributed by atoms with Crippen LogP contribution in [0.4, 0.5) is 5.69 Å². The molecule has 1 aromatic carbocycles. The number of esters is 1. The Morgan fingerprint density at radius 2 is 1.90 bits per heavy atom. The average Bonchev–Trinajstić information content (AvgIpc) is 2.47. The van der Waals surface area contributed by atoms with Crippen molar-refractivity contribution in [2.24, 2.45) is 0 Å². The van der Waals surface area contributed by atoms with Crippen molar-refractivity contribution < 1.29 is 14.3 Å². The Labute approximate surface area is 125 Å². The predicted octanol–water partition coefficient (Wildman–Crippen LogP) is 2.14. The second kappa shape index (κ2) is 6.61. The van der Waals surface area contributed by atoms with E-state index in [1.807, 2.05) is 0 Å². The molecule has 1 amide bonds. The van der Waals surface area contributed by atoms with Crippen LogP contribution in [-0.2, 0) is 9.53 Å². The molecule has 0 saturated carbocycles. The molecule has 2 N–H and O–H groups in total. The SMILES string of the molecule is Cc1cc(N)ccc1C(=O)OC(C)C(=O)N1CCCCC1. The van der Waals surface area contributed by atoms with Crippen molar-refractivity contribution in [3.05, 3.63) is 29.3 Å². The van der Waals surface area contributed by atoms with Crippen molar-refractivity contribution in [2.75, 3.05) is 18.8 Å². The van der Waals surface area contributed by atoms with Gasteiger partial charge in [0.05, 0.1) is 5.56 Å². The summed E-state index contributed by atoms with van der Waals surface area (Å²) in [5.41, 5.74) is 7.45. The minimum Gasteiger partial charge on any atom is -0.449 e. The van der Waals surface area contributed by atoms with Crippen LogP contribution in [0, 0.1) is 6.92 Å². The highest BCUT2D eigenvalue weighted by atomic mass is 16.5. The zero-order valence-electron chi connectivity index (χ0n) is 12.6. The second-order valence-electron chi connectivity index (χ2n) is 5.51. The average molecular weight is 290 g/mol. The summed E-state index contributed by atoms with van der Waals surface area (Å²) in [6, 6.07) is 5.00. The number of carbonyl (C=O) groups is 2. The Bertz CT molecular complexity index is 536. The lowest BCUT2D eigenvalue weighted by Crippen LogP contribution is -2.42. The van der Waals surface area contributed by atoms with Gasteiger partial charge in [-0.1, -0.05) is 0 Å². The molecule has 1 unspecified atom stereocenters. The fraction of sp³-hybridized carbons (Fsp3) is 0.500. The predicted molar refractivity (Wildman–Crippen MR) is 80.9 cm³/mol. The fourth-order valence-corrected chi connectivity index (χ4v) is 2.56. The number of rotatable bonds is 3. The summed E-state index contributed by atoms with van der Waals surface area (Å²) in [4.78, 5) is 26.1. The molecule has 0 aromatic heterocycles. The third-order valence-corrected chi connectivity index (χ3v) is 3.77. The van der Waals surface area contributed by atoms with Crippen LogP contribution in [0.3, 0.4) is 0 Å². The number of amides is 1. The van der Waals surface area contributed by atoms with E-state index in [4.69, 9.17) is 10.5 Å². The maximum absolute atomic E-state index is 12.2. The number of hydrogen-bond donors (Lipinski definition) is 1. The van der Waals surface area contributed by atoms with Gasteiger partial charge in [-0.15, -0.1) is 0 Å². The van der Waals surface area contributed by atoms with Crippen molar-refractivity contribution in [1.29, 1.82) is 0 Å². The third kappa shape index (κ3) is 3.74. The molecule has 5 nitrogen and oxygen atoms in total. The summed E-state index contributed by atoms with van der Waals surface area (Å²) in [6.45, 7) is 4.93. The molecule has 0 spiro atoms. The van der Waals surface area contributed by atoms with E-state index in [0.29, 0.717) is 11.3 Å². The van der Waals surface area contributed by atoms with Crippen molar-refractivity contribution in [3.63, 3.8) is 0 Å². The van der Waals surface area contributed by atoms with Gasteiger partial charge >= 0.3 is 5.97 Å². The summed E-state index contributed by atoms with van der Waals surface area (Å²) in [7, 11) is 0. The van der Waals surface area contributed by atoms with Gasteiger partial charge in [0.25, 0.3) is 5.91 Å². The molecule has 2 rings (SSSR count). The Morgan fingerprint density at radius 1 is 1.24 bits per heavy atom. The minimum absolute atomic E-state index is 0.115. The monoisotopic (exact) mass is 290 g/mol. The highest BCUT2D eigenvalue weighted by molar-refractivity contribution is 5.93. The van der Waals surface area contributed by atoms with Crippen molar-refractivity contribution in [1.82, 2.24) is 4.90 Å². The highest BCUT2D eigenvalue weighted by Crippen LogP contribution is 2.16. The Hall–Kier alpha value is -2.04. The number of nitrogens with zero attached hydrogens (tertiary/aromatic N) is 1. The first-order valence-corrected chi connectivity index (χ1v) is 7.35. The number of carbonyl (C=O) groups excluding carboxylic acids is 2. The van der Waals surface area contributed by atoms with E-state index in [2.05, 4.69) is 0 Å². The lowest BCUT2D eigenvalue weighted by Gasteiger charge is -2.29. The van der Waals surface area contributed by atoms with E-state index in [9.17, 15) is 9.59 Å². The molecular weight excluding hydrogens is 268 g/mol. The Balaban J connectivity index is 1.99. The summed E-state index contributed by atoms with van der Waals surface area (Å²) in [5.74, 6) is -0.596. The molecule has 5 heteroatoms. The van der Waals surface area contributed by atoms with Crippen LogP contribution in [0.2, 0.25) is 0 Å². The van der Waals surface area contributed by atoms with Gasteiger partial charge in [-0.2, -0.15) is 0 Å². The van der Waals surface area contributed by atoms with Crippen molar-refractivity contribution >= 4 is 17.6 Å². The molecule has 1 fully saturated rings. The normalized spacial score (nSPS) is 16.4. The van der Waals surface area contributed by atoms with Crippen LogP contribution in [0.15, 0.2) is 18.2 Å². The van der Waals surface area contributed by atoms with Crippen molar-refractivity contribution in [2.45, 2.75) is 39.2 Å². The molecule has 1 heterocycles. The van der Waals surface area contributed by atoms with E-state index < -0.39 is 12.1 Å². The lowest BCUT2D eigenvalue weighted by atomic mass is 10.1. The number of piperidine rings is 1. The van der Waals surface area contributed by atoms with Crippen molar-refractivity contribution in [3.8, 4) is 0 Å². The summed E-state index contributed by atoms with van der Waals surface area (Å²) >= 11 is 0. The van der Waals surface area contributed by atoms with Crippen LogP contribution < -0.4 is 5.73 Å². The highest BCUT2D eigenvalue weighted by Gasteiger charge is 2.25. The summed E-state index contributed by atoms with van der Waals surface area (Å²) in [5, 5.41) is 0.